The van der Waals surface area contributed by atoms with Crippen molar-refractivity contribution in [3.63, 3.8) is 0 Å². The number of thiazole rings is 1. The summed E-state index contributed by atoms with van der Waals surface area (Å²) in [7, 11) is 0. The molecule has 0 aliphatic heterocycles. The maximum absolute atomic E-state index is 11.7. The third-order valence-electron chi connectivity index (χ3n) is 3.31. The van der Waals surface area contributed by atoms with Crippen LogP contribution in [0.4, 0.5) is 0 Å². The highest BCUT2D eigenvalue weighted by atomic mass is 32.1. The average Bonchev–Trinajstić information content (AvgIpc) is 2.69. The minimum Gasteiger partial charge on any atom is -0.494 e. The van der Waals surface area contributed by atoms with Crippen LogP contribution in [-0.2, 0) is 6.54 Å². The zero-order valence-electron chi connectivity index (χ0n) is 12.1. The molecule has 21 heavy (non-hydrogen) atoms. The van der Waals surface area contributed by atoms with Crippen LogP contribution in [-0.4, -0.2) is 16.2 Å². The molecule has 1 aromatic carbocycles. The normalized spacial score (nSPS) is 10.6. The van der Waals surface area contributed by atoms with Crippen molar-refractivity contribution < 1.29 is 4.74 Å². The number of thiocarbonyl (C=S) groups is 1. The molecule has 0 aliphatic rings. The van der Waals surface area contributed by atoms with E-state index in [0.29, 0.717) is 18.1 Å². The van der Waals surface area contributed by atoms with Crippen molar-refractivity contribution in [3.05, 3.63) is 50.1 Å². The number of nitrogens with two attached hydrogens (primary N) is 1. The van der Waals surface area contributed by atoms with E-state index in [1.54, 1.807) is 4.57 Å². The molecule has 0 bridgehead atoms. The van der Waals surface area contributed by atoms with Gasteiger partial charge in [-0.3, -0.25) is 4.79 Å². The first kappa shape index (κ1) is 15.7. The number of nitrogens with zero attached hydrogens (tertiary/aromatic N) is 1. The lowest BCUT2D eigenvalue weighted by Gasteiger charge is -2.08. The van der Waals surface area contributed by atoms with Crippen molar-refractivity contribution in [1.82, 2.24) is 4.57 Å². The lowest BCUT2D eigenvalue weighted by molar-refractivity contribution is 0.301. The molecule has 0 atom stereocenters. The smallest absolute Gasteiger partial charge is 0.307 e. The molecular formula is C15H18N2O2S2. The largest absolute Gasteiger partial charge is 0.494 e. The highest BCUT2D eigenvalue weighted by Crippen LogP contribution is 2.13. The van der Waals surface area contributed by atoms with Crippen LogP contribution >= 0.6 is 23.6 Å². The molecule has 2 rings (SSSR count). The monoisotopic (exact) mass is 322 g/mol. The molecule has 0 spiro atoms. The Balaban J connectivity index is 1.84. The summed E-state index contributed by atoms with van der Waals surface area (Å²) in [6, 6.07) is 7.38. The molecule has 0 amide bonds. The topological polar surface area (TPSA) is 57.2 Å². The van der Waals surface area contributed by atoms with Crippen molar-refractivity contribution in [2.24, 2.45) is 5.73 Å². The molecule has 0 aliphatic carbocycles. The Morgan fingerprint density at radius 1 is 1.33 bits per heavy atom. The van der Waals surface area contributed by atoms with E-state index in [0.717, 1.165) is 28.3 Å². The zero-order valence-corrected chi connectivity index (χ0v) is 13.7. The lowest BCUT2D eigenvalue weighted by Crippen LogP contribution is -2.16. The van der Waals surface area contributed by atoms with E-state index in [1.165, 1.54) is 11.3 Å². The van der Waals surface area contributed by atoms with Gasteiger partial charge in [0.05, 0.1) is 6.61 Å². The van der Waals surface area contributed by atoms with Gasteiger partial charge in [0, 0.05) is 22.7 Å². The van der Waals surface area contributed by atoms with Crippen LogP contribution in [0.15, 0.2) is 29.1 Å². The number of hydrogen-bond acceptors (Lipinski definition) is 4. The molecule has 6 heteroatoms. The second-order valence-corrected chi connectivity index (χ2v) is 6.36. The molecule has 1 heterocycles. The SMILES string of the molecule is Cc1sc(=O)n(CCCOc2ccc(C(N)=S)cc2)c1C. The number of aryl methyl sites for hydroxylation is 1. The van der Waals surface area contributed by atoms with Crippen LogP contribution < -0.4 is 15.3 Å². The van der Waals surface area contributed by atoms with Crippen molar-refractivity contribution in [3.8, 4) is 5.75 Å². The predicted molar refractivity (Wildman–Crippen MR) is 90.5 cm³/mol. The minimum atomic E-state index is 0.103. The summed E-state index contributed by atoms with van der Waals surface area (Å²) in [5.41, 5.74) is 7.41. The molecule has 112 valence electrons. The Morgan fingerprint density at radius 2 is 2.00 bits per heavy atom. The van der Waals surface area contributed by atoms with Crippen molar-refractivity contribution in [2.75, 3.05) is 6.61 Å². The quantitative estimate of drug-likeness (QED) is 0.656. The number of rotatable bonds is 6. The maximum Gasteiger partial charge on any atom is 0.307 e. The van der Waals surface area contributed by atoms with Gasteiger partial charge >= 0.3 is 4.87 Å². The summed E-state index contributed by atoms with van der Waals surface area (Å²) in [6.07, 6.45) is 0.786. The van der Waals surface area contributed by atoms with Gasteiger partial charge in [0.15, 0.2) is 0 Å². The van der Waals surface area contributed by atoms with Gasteiger partial charge in [-0.2, -0.15) is 0 Å². The van der Waals surface area contributed by atoms with Gasteiger partial charge in [-0.25, -0.2) is 0 Å². The molecule has 0 saturated heterocycles. The fourth-order valence-electron chi connectivity index (χ4n) is 1.97. The Bertz CT molecular complexity index is 687. The molecule has 4 nitrogen and oxygen atoms in total. The highest BCUT2D eigenvalue weighted by molar-refractivity contribution is 7.80. The molecular weight excluding hydrogens is 304 g/mol. The van der Waals surface area contributed by atoms with Gasteiger partial charge in [0.2, 0.25) is 0 Å². The summed E-state index contributed by atoms with van der Waals surface area (Å²) >= 11 is 6.19. The molecule has 2 aromatic rings. The zero-order chi connectivity index (χ0) is 15.4. The number of benzene rings is 1. The van der Waals surface area contributed by atoms with Crippen LogP contribution in [0.3, 0.4) is 0 Å². The summed E-state index contributed by atoms with van der Waals surface area (Å²) in [6.45, 7) is 5.19. The maximum atomic E-state index is 11.7. The Labute approximate surface area is 133 Å². The first-order valence-corrected chi connectivity index (χ1v) is 7.91. The Hall–Kier alpha value is -1.66. The molecule has 0 radical (unpaired) electrons. The van der Waals surface area contributed by atoms with E-state index in [-0.39, 0.29) is 4.87 Å². The first-order chi connectivity index (χ1) is 9.99. The standard InChI is InChI=1S/C15H18N2O2S2/c1-10-11(2)21-15(18)17(10)8-3-9-19-13-6-4-12(5-7-13)14(16)20/h4-7H,3,8-9H2,1-2H3,(H2,16,20). The molecule has 0 saturated carbocycles. The number of aromatic nitrogens is 1. The van der Waals surface area contributed by atoms with Crippen molar-refractivity contribution >= 4 is 28.5 Å². The second-order valence-electron chi connectivity index (χ2n) is 4.75. The number of ether oxygens (including phenoxy) is 1. The molecule has 2 N–H and O–H groups in total. The van der Waals surface area contributed by atoms with E-state index >= 15 is 0 Å². The van der Waals surface area contributed by atoms with Gasteiger partial charge in [0.25, 0.3) is 0 Å². The molecule has 0 unspecified atom stereocenters. The molecule has 1 aromatic heterocycles. The fraction of sp³-hybridized carbons (Fsp3) is 0.333. The van der Waals surface area contributed by atoms with Gasteiger partial charge in [0.1, 0.15) is 10.7 Å². The summed E-state index contributed by atoms with van der Waals surface area (Å²) in [5.74, 6) is 0.778. The van der Waals surface area contributed by atoms with Gasteiger partial charge in [-0.15, -0.1) is 0 Å². The minimum absolute atomic E-state index is 0.103. The Kier molecular flexibility index (Phi) is 5.14. The van der Waals surface area contributed by atoms with Crippen LogP contribution in [0, 0.1) is 13.8 Å². The van der Waals surface area contributed by atoms with Gasteiger partial charge in [-0.05, 0) is 44.5 Å². The van der Waals surface area contributed by atoms with E-state index in [1.807, 2.05) is 38.1 Å². The van der Waals surface area contributed by atoms with Crippen molar-refractivity contribution in [1.29, 1.82) is 0 Å². The second kappa shape index (κ2) is 6.87. The van der Waals surface area contributed by atoms with Crippen LogP contribution in [0.5, 0.6) is 5.75 Å². The van der Waals surface area contributed by atoms with Gasteiger partial charge < -0.3 is 15.0 Å². The van der Waals surface area contributed by atoms with Crippen molar-refractivity contribution in [2.45, 2.75) is 26.8 Å². The Morgan fingerprint density at radius 3 is 2.52 bits per heavy atom. The average molecular weight is 322 g/mol. The first-order valence-electron chi connectivity index (χ1n) is 6.68. The van der Waals surface area contributed by atoms with E-state index in [4.69, 9.17) is 22.7 Å². The predicted octanol–water partition coefficient (Wildman–Crippen LogP) is 2.63. The van der Waals surface area contributed by atoms with Crippen LogP contribution in [0.25, 0.3) is 0 Å². The van der Waals surface area contributed by atoms with Crippen LogP contribution in [0.1, 0.15) is 22.6 Å². The fourth-order valence-corrected chi connectivity index (χ4v) is 2.97. The van der Waals surface area contributed by atoms with Gasteiger partial charge in [-0.1, -0.05) is 23.6 Å². The number of hydrogen-bond donors (Lipinski definition) is 1. The lowest BCUT2D eigenvalue weighted by atomic mass is 10.2. The third kappa shape index (κ3) is 3.92. The third-order valence-corrected chi connectivity index (χ3v) is 4.54. The summed E-state index contributed by atoms with van der Waals surface area (Å²) in [4.78, 5) is 13.3. The van der Waals surface area contributed by atoms with E-state index in [9.17, 15) is 4.79 Å². The van der Waals surface area contributed by atoms with E-state index in [2.05, 4.69) is 0 Å². The summed E-state index contributed by atoms with van der Waals surface area (Å²) < 4.78 is 7.46. The molecule has 0 fully saturated rings. The summed E-state index contributed by atoms with van der Waals surface area (Å²) in [5, 5.41) is 0. The van der Waals surface area contributed by atoms with Crippen LogP contribution in [0.2, 0.25) is 0 Å². The highest BCUT2D eigenvalue weighted by Gasteiger charge is 2.06. The van der Waals surface area contributed by atoms with E-state index < -0.39 is 0 Å².